The van der Waals surface area contributed by atoms with E-state index in [0.29, 0.717) is 15.9 Å². The number of aromatic amines is 1. The average Bonchev–Trinajstić information content (AvgIpc) is 3.27. The lowest BCUT2D eigenvalue weighted by Gasteiger charge is -2.26. The molecular formula is C16H21ClN4OS. The van der Waals surface area contributed by atoms with Crippen molar-refractivity contribution in [1.82, 2.24) is 20.0 Å². The van der Waals surface area contributed by atoms with Crippen LogP contribution < -0.4 is 0 Å². The molecule has 5 nitrogen and oxygen atoms in total. The average molecular weight is 353 g/mol. The molecule has 2 aromatic heterocycles. The second kappa shape index (κ2) is 7.03. The minimum absolute atomic E-state index is 0.0490. The van der Waals surface area contributed by atoms with Crippen molar-refractivity contribution in [2.24, 2.45) is 0 Å². The molecule has 1 amide bonds. The number of amides is 1. The van der Waals surface area contributed by atoms with E-state index in [0.717, 1.165) is 43.2 Å². The van der Waals surface area contributed by atoms with Gasteiger partial charge in [0.15, 0.2) is 0 Å². The van der Waals surface area contributed by atoms with E-state index in [4.69, 9.17) is 11.6 Å². The Bertz CT molecular complexity index is 679. The monoisotopic (exact) mass is 352 g/mol. The fourth-order valence-corrected chi connectivity index (χ4v) is 4.27. The van der Waals surface area contributed by atoms with Crippen LogP contribution in [0.5, 0.6) is 0 Å². The number of halogens is 1. The third-order valence-electron chi connectivity index (χ3n) is 4.47. The summed E-state index contributed by atoms with van der Waals surface area (Å²) in [7, 11) is 0. The van der Waals surface area contributed by atoms with Gasteiger partial charge in [0.05, 0.1) is 26.7 Å². The van der Waals surface area contributed by atoms with Crippen molar-refractivity contribution in [2.45, 2.75) is 26.3 Å². The number of thiophene rings is 1. The number of rotatable bonds is 5. The van der Waals surface area contributed by atoms with E-state index in [1.54, 1.807) is 6.20 Å². The van der Waals surface area contributed by atoms with Gasteiger partial charge in [0.2, 0.25) is 0 Å². The van der Waals surface area contributed by atoms with Gasteiger partial charge in [-0.25, -0.2) is 0 Å². The van der Waals surface area contributed by atoms with Crippen LogP contribution in [0.4, 0.5) is 0 Å². The number of H-pyrrole nitrogens is 1. The lowest BCUT2D eigenvalue weighted by molar-refractivity contribution is 0.0779. The molecule has 1 aliphatic rings. The van der Waals surface area contributed by atoms with Crippen LogP contribution in [0.3, 0.4) is 0 Å². The van der Waals surface area contributed by atoms with Crippen LogP contribution in [0.25, 0.3) is 10.6 Å². The van der Waals surface area contributed by atoms with Crippen LogP contribution in [0.1, 0.15) is 30.6 Å². The van der Waals surface area contributed by atoms with Crippen molar-refractivity contribution in [1.29, 1.82) is 0 Å². The quantitative estimate of drug-likeness (QED) is 0.897. The lowest BCUT2D eigenvalue weighted by Crippen LogP contribution is -2.38. The Morgan fingerprint density at radius 3 is 2.91 bits per heavy atom. The Morgan fingerprint density at radius 2 is 2.26 bits per heavy atom. The molecule has 0 aliphatic carbocycles. The Balaban J connectivity index is 1.76. The molecule has 3 heterocycles. The highest BCUT2D eigenvalue weighted by Gasteiger charge is 2.31. The van der Waals surface area contributed by atoms with Crippen LogP contribution in [0.2, 0.25) is 4.34 Å². The molecule has 0 bridgehead atoms. The minimum atomic E-state index is 0.0490. The maximum atomic E-state index is 12.9. The van der Waals surface area contributed by atoms with Crippen molar-refractivity contribution in [2.75, 3.05) is 26.2 Å². The largest absolute Gasteiger partial charge is 0.337 e. The predicted molar refractivity (Wildman–Crippen MR) is 94.1 cm³/mol. The zero-order valence-electron chi connectivity index (χ0n) is 13.4. The number of aromatic nitrogens is 2. The number of likely N-dealkylation sites (N-methyl/N-ethyl adjacent to an activating group) is 1. The van der Waals surface area contributed by atoms with Gasteiger partial charge in [-0.3, -0.25) is 14.8 Å². The van der Waals surface area contributed by atoms with Crippen LogP contribution in [-0.2, 0) is 0 Å². The molecule has 1 N–H and O–H groups in total. The number of nitrogens with one attached hydrogen (secondary N) is 1. The first kappa shape index (κ1) is 16.5. The van der Waals surface area contributed by atoms with Crippen molar-refractivity contribution < 1.29 is 4.79 Å². The molecule has 1 aliphatic heterocycles. The summed E-state index contributed by atoms with van der Waals surface area (Å²) in [5.41, 5.74) is 1.39. The minimum Gasteiger partial charge on any atom is -0.337 e. The molecule has 1 unspecified atom stereocenters. The van der Waals surface area contributed by atoms with Crippen molar-refractivity contribution in [3.63, 3.8) is 0 Å². The van der Waals surface area contributed by atoms with Gasteiger partial charge in [-0.2, -0.15) is 5.10 Å². The molecule has 0 aromatic carbocycles. The fourth-order valence-electron chi connectivity index (χ4n) is 3.22. The Labute approximate surface area is 145 Å². The Morgan fingerprint density at radius 1 is 1.48 bits per heavy atom. The van der Waals surface area contributed by atoms with E-state index in [-0.39, 0.29) is 5.91 Å². The van der Waals surface area contributed by atoms with Crippen LogP contribution in [0, 0.1) is 0 Å². The molecule has 23 heavy (non-hydrogen) atoms. The lowest BCUT2D eigenvalue weighted by atomic mass is 10.2. The second-order valence-corrected chi connectivity index (χ2v) is 7.39. The highest BCUT2D eigenvalue weighted by atomic mass is 35.5. The normalized spacial score (nSPS) is 18.1. The summed E-state index contributed by atoms with van der Waals surface area (Å²) in [6.45, 7) is 7.97. The SMILES string of the molecule is CCN(CC)C1CCN(C(=O)c2cn[nH]c2-c2ccc(Cl)s2)C1. The van der Waals surface area contributed by atoms with Crippen LogP contribution >= 0.6 is 22.9 Å². The molecule has 2 aromatic rings. The number of carbonyl (C=O) groups is 1. The Kier molecular flexibility index (Phi) is 5.04. The summed E-state index contributed by atoms with van der Waals surface area (Å²) in [6.07, 6.45) is 2.65. The molecule has 1 fully saturated rings. The fraction of sp³-hybridized carbons (Fsp3) is 0.500. The predicted octanol–water partition coefficient (Wildman–Crippen LogP) is 3.35. The first-order chi connectivity index (χ1) is 11.1. The summed E-state index contributed by atoms with van der Waals surface area (Å²) in [4.78, 5) is 18.2. The van der Waals surface area contributed by atoms with Crippen LogP contribution in [0.15, 0.2) is 18.3 Å². The van der Waals surface area contributed by atoms with E-state index >= 15 is 0 Å². The van der Waals surface area contributed by atoms with Crippen molar-refractivity contribution in [3.8, 4) is 10.6 Å². The smallest absolute Gasteiger partial charge is 0.257 e. The van der Waals surface area contributed by atoms with Gasteiger partial charge in [0.1, 0.15) is 0 Å². The van der Waals surface area contributed by atoms with Gasteiger partial charge >= 0.3 is 0 Å². The van der Waals surface area contributed by atoms with Gasteiger partial charge in [-0.05, 0) is 31.6 Å². The highest BCUT2D eigenvalue weighted by molar-refractivity contribution is 7.19. The standard InChI is InChI=1S/C16H21ClN4OS/c1-3-20(4-2)11-7-8-21(10-11)16(22)12-9-18-19-15(12)13-5-6-14(17)23-13/h5-6,9,11H,3-4,7-8,10H2,1-2H3,(H,18,19). The molecular weight excluding hydrogens is 332 g/mol. The summed E-state index contributed by atoms with van der Waals surface area (Å²) >= 11 is 7.45. The van der Waals surface area contributed by atoms with E-state index < -0.39 is 0 Å². The zero-order chi connectivity index (χ0) is 16.4. The van der Waals surface area contributed by atoms with E-state index in [2.05, 4.69) is 28.9 Å². The summed E-state index contributed by atoms with van der Waals surface area (Å²) < 4.78 is 0.704. The first-order valence-corrected chi connectivity index (χ1v) is 9.15. The van der Waals surface area contributed by atoms with E-state index in [1.165, 1.54) is 11.3 Å². The van der Waals surface area contributed by atoms with Gasteiger partial charge in [0, 0.05) is 19.1 Å². The molecule has 124 valence electrons. The molecule has 7 heteroatoms. The van der Waals surface area contributed by atoms with E-state index in [1.807, 2.05) is 17.0 Å². The van der Waals surface area contributed by atoms with Gasteiger partial charge in [-0.15, -0.1) is 11.3 Å². The van der Waals surface area contributed by atoms with Gasteiger partial charge < -0.3 is 4.90 Å². The van der Waals surface area contributed by atoms with Crippen LogP contribution in [-0.4, -0.2) is 58.1 Å². The van der Waals surface area contributed by atoms with Gasteiger partial charge in [-0.1, -0.05) is 25.4 Å². The topological polar surface area (TPSA) is 52.2 Å². The molecule has 0 spiro atoms. The Hall–Kier alpha value is -1.37. The zero-order valence-corrected chi connectivity index (χ0v) is 15.0. The molecule has 0 saturated carbocycles. The highest BCUT2D eigenvalue weighted by Crippen LogP contribution is 2.32. The third kappa shape index (κ3) is 3.29. The summed E-state index contributed by atoms with van der Waals surface area (Å²) in [5.74, 6) is 0.0490. The second-order valence-electron chi connectivity index (χ2n) is 5.68. The number of likely N-dealkylation sites (tertiary alicyclic amines) is 1. The number of hydrogen-bond donors (Lipinski definition) is 1. The maximum absolute atomic E-state index is 12.9. The maximum Gasteiger partial charge on any atom is 0.257 e. The number of nitrogens with zero attached hydrogens (tertiary/aromatic N) is 3. The molecule has 1 saturated heterocycles. The first-order valence-electron chi connectivity index (χ1n) is 7.96. The molecule has 1 atom stereocenters. The van der Waals surface area contributed by atoms with Crippen molar-refractivity contribution in [3.05, 3.63) is 28.2 Å². The molecule has 0 radical (unpaired) electrons. The third-order valence-corrected chi connectivity index (χ3v) is 5.72. The number of carbonyl (C=O) groups excluding carboxylic acids is 1. The van der Waals surface area contributed by atoms with Gasteiger partial charge in [0.25, 0.3) is 5.91 Å². The summed E-state index contributed by atoms with van der Waals surface area (Å²) in [5, 5.41) is 7.01. The molecule has 3 rings (SSSR count). The van der Waals surface area contributed by atoms with Crippen molar-refractivity contribution >= 4 is 28.8 Å². The summed E-state index contributed by atoms with van der Waals surface area (Å²) in [6, 6.07) is 4.21. The van der Waals surface area contributed by atoms with E-state index in [9.17, 15) is 4.79 Å². The number of hydrogen-bond acceptors (Lipinski definition) is 4.